The van der Waals surface area contributed by atoms with Gasteiger partial charge < -0.3 is 9.80 Å². The molecule has 1 saturated heterocycles. The summed E-state index contributed by atoms with van der Waals surface area (Å²) in [6.07, 6.45) is -4.06. The van der Waals surface area contributed by atoms with Gasteiger partial charge in [0.15, 0.2) is 26.5 Å². The molecule has 2 aromatic heterocycles. The van der Waals surface area contributed by atoms with Gasteiger partial charge in [-0.25, -0.2) is 13.4 Å². The van der Waals surface area contributed by atoms with E-state index < -0.39 is 21.7 Å². The number of nitrogens with zero attached hydrogens (tertiary/aromatic N) is 5. The van der Waals surface area contributed by atoms with Crippen LogP contribution in [0.15, 0.2) is 11.4 Å². The van der Waals surface area contributed by atoms with Crippen LogP contribution >= 0.6 is 11.3 Å². The number of piperazine rings is 1. The van der Waals surface area contributed by atoms with Gasteiger partial charge in [-0.05, 0) is 11.6 Å². The third kappa shape index (κ3) is 3.86. The fourth-order valence-corrected chi connectivity index (χ4v) is 5.42. The number of anilines is 2. The van der Waals surface area contributed by atoms with Crippen molar-refractivity contribution in [2.75, 3.05) is 41.7 Å². The summed E-state index contributed by atoms with van der Waals surface area (Å²) in [5, 5.41) is 9.74. The quantitative estimate of drug-likeness (QED) is 0.734. The molecule has 0 unspecified atom stereocenters. The van der Waals surface area contributed by atoms with E-state index in [9.17, 15) is 21.6 Å². The molecule has 0 aliphatic carbocycles. The van der Waals surface area contributed by atoms with Crippen LogP contribution in [0.25, 0.3) is 0 Å². The van der Waals surface area contributed by atoms with E-state index in [1.807, 2.05) is 9.80 Å². The van der Waals surface area contributed by atoms with Crippen molar-refractivity contribution >= 4 is 32.1 Å². The van der Waals surface area contributed by atoms with Gasteiger partial charge in [-0.15, -0.1) is 16.4 Å². The predicted octanol–water partition coefficient (Wildman–Crippen LogP) is 1.75. The Morgan fingerprint density at radius 3 is 2.44 bits per heavy atom. The van der Waals surface area contributed by atoms with Crippen LogP contribution in [0.1, 0.15) is 17.0 Å². The minimum absolute atomic E-state index is 0.0237. The molecule has 27 heavy (non-hydrogen) atoms. The van der Waals surface area contributed by atoms with Gasteiger partial charge in [0.2, 0.25) is 0 Å². The number of sulfone groups is 1. The Morgan fingerprint density at radius 1 is 1.07 bits per heavy atom. The Balaban J connectivity index is 1.45. The highest BCUT2D eigenvalue weighted by atomic mass is 32.2. The highest BCUT2D eigenvalue weighted by Crippen LogP contribution is 2.33. The van der Waals surface area contributed by atoms with Crippen molar-refractivity contribution in [3.05, 3.63) is 28.4 Å². The van der Waals surface area contributed by atoms with Crippen LogP contribution < -0.4 is 9.80 Å². The van der Waals surface area contributed by atoms with Crippen LogP contribution in [-0.4, -0.2) is 55.5 Å². The van der Waals surface area contributed by atoms with Crippen molar-refractivity contribution in [3.8, 4) is 0 Å². The second-order valence-electron chi connectivity index (χ2n) is 6.50. The number of hydrogen-bond acceptors (Lipinski definition) is 8. The van der Waals surface area contributed by atoms with Gasteiger partial charge in [-0.3, -0.25) is 0 Å². The van der Waals surface area contributed by atoms with Gasteiger partial charge in [0, 0.05) is 38.0 Å². The molecule has 4 rings (SSSR count). The molecule has 0 radical (unpaired) electrons. The predicted molar refractivity (Wildman–Crippen MR) is 94.8 cm³/mol. The first-order chi connectivity index (χ1) is 12.7. The van der Waals surface area contributed by atoms with Crippen LogP contribution in [0.5, 0.6) is 0 Å². The molecule has 0 aromatic carbocycles. The van der Waals surface area contributed by atoms with E-state index in [0.29, 0.717) is 49.1 Å². The number of hydrogen-bond donors (Lipinski definition) is 0. The maximum atomic E-state index is 12.7. The largest absolute Gasteiger partial charge is 0.434 e. The zero-order chi connectivity index (χ0) is 19.2. The molecule has 0 amide bonds. The lowest BCUT2D eigenvalue weighted by Gasteiger charge is -2.35. The molecule has 12 heteroatoms. The maximum Gasteiger partial charge on any atom is 0.434 e. The number of rotatable bonds is 2. The van der Waals surface area contributed by atoms with Crippen LogP contribution in [0.3, 0.4) is 0 Å². The van der Waals surface area contributed by atoms with Crippen molar-refractivity contribution in [2.45, 2.75) is 18.3 Å². The average molecular weight is 419 g/mol. The molecule has 0 spiro atoms. The van der Waals surface area contributed by atoms with E-state index in [1.165, 1.54) is 0 Å². The molecular formula is C15H16F3N5O2S2. The standard InChI is InChI=1S/C15H16F3N5O2S2/c16-15(17,18)12-8-26-14(19-12)23-4-2-22(3-5-23)13-7-10-9-27(24,25)6-1-11(10)20-21-13/h7-8H,1-6,9H2. The molecule has 0 N–H and O–H groups in total. The molecule has 2 aliphatic heterocycles. The molecule has 0 atom stereocenters. The summed E-state index contributed by atoms with van der Waals surface area (Å²) in [4.78, 5) is 7.46. The number of fused-ring (bicyclic) bond motifs is 1. The smallest absolute Gasteiger partial charge is 0.352 e. The minimum Gasteiger partial charge on any atom is -0.352 e. The maximum absolute atomic E-state index is 12.7. The van der Waals surface area contributed by atoms with Gasteiger partial charge in [-0.1, -0.05) is 0 Å². The molecule has 7 nitrogen and oxygen atoms in total. The summed E-state index contributed by atoms with van der Waals surface area (Å²) in [5.41, 5.74) is 0.532. The molecular weight excluding hydrogens is 403 g/mol. The van der Waals surface area contributed by atoms with E-state index in [2.05, 4.69) is 15.2 Å². The first-order valence-corrected chi connectivity index (χ1v) is 11.0. The molecule has 4 heterocycles. The lowest BCUT2D eigenvalue weighted by atomic mass is 10.2. The Morgan fingerprint density at radius 2 is 1.78 bits per heavy atom. The van der Waals surface area contributed by atoms with Gasteiger partial charge >= 0.3 is 6.18 Å². The third-order valence-corrected chi connectivity index (χ3v) is 7.11. The van der Waals surface area contributed by atoms with Crippen molar-refractivity contribution in [3.63, 3.8) is 0 Å². The first kappa shape index (κ1) is 18.4. The zero-order valence-electron chi connectivity index (χ0n) is 14.1. The summed E-state index contributed by atoms with van der Waals surface area (Å²) in [6, 6.07) is 1.76. The van der Waals surface area contributed by atoms with E-state index in [0.717, 1.165) is 22.4 Å². The number of halogens is 3. The lowest BCUT2D eigenvalue weighted by molar-refractivity contribution is -0.140. The molecule has 2 aliphatic rings. The Hall–Kier alpha value is -1.95. The van der Waals surface area contributed by atoms with Crippen molar-refractivity contribution in [2.24, 2.45) is 0 Å². The number of alkyl halides is 3. The lowest BCUT2D eigenvalue weighted by Crippen LogP contribution is -2.47. The Kier molecular flexibility index (Phi) is 4.49. The topological polar surface area (TPSA) is 79.3 Å². The third-order valence-electron chi connectivity index (χ3n) is 4.63. The first-order valence-electron chi connectivity index (χ1n) is 8.30. The number of aryl methyl sites for hydroxylation is 1. The molecule has 0 bridgehead atoms. The van der Waals surface area contributed by atoms with Gasteiger partial charge in [-0.2, -0.15) is 18.3 Å². The zero-order valence-corrected chi connectivity index (χ0v) is 15.7. The van der Waals surface area contributed by atoms with E-state index >= 15 is 0 Å². The molecule has 1 fully saturated rings. The highest BCUT2D eigenvalue weighted by molar-refractivity contribution is 7.90. The van der Waals surface area contributed by atoms with Crippen molar-refractivity contribution < 1.29 is 21.6 Å². The molecule has 0 saturated carbocycles. The SMILES string of the molecule is O=S1(=O)CCc2nnc(N3CCN(c4nc(C(F)(F)F)cs4)CC3)cc2C1. The average Bonchev–Trinajstić information content (AvgIpc) is 3.11. The summed E-state index contributed by atoms with van der Waals surface area (Å²) in [7, 11) is -3.09. The van der Waals surface area contributed by atoms with E-state index in [-0.39, 0.29) is 11.5 Å². The van der Waals surface area contributed by atoms with Crippen molar-refractivity contribution in [1.82, 2.24) is 15.2 Å². The van der Waals surface area contributed by atoms with Crippen LogP contribution in [-0.2, 0) is 28.2 Å². The second-order valence-corrected chi connectivity index (χ2v) is 9.52. The number of aromatic nitrogens is 3. The monoisotopic (exact) mass is 419 g/mol. The highest BCUT2D eigenvalue weighted by Gasteiger charge is 2.34. The van der Waals surface area contributed by atoms with Crippen LogP contribution in [0.2, 0.25) is 0 Å². The van der Waals surface area contributed by atoms with E-state index in [4.69, 9.17) is 0 Å². The second kappa shape index (κ2) is 6.59. The fraction of sp³-hybridized carbons (Fsp3) is 0.533. The molecule has 2 aromatic rings. The van der Waals surface area contributed by atoms with Gasteiger partial charge in [0.05, 0.1) is 17.2 Å². The summed E-state index contributed by atoms with van der Waals surface area (Å²) in [5.74, 6) is 0.672. The molecule has 146 valence electrons. The minimum atomic E-state index is -4.43. The Labute approximate surface area is 157 Å². The van der Waals surface area contributed by atoms with Gasteiger partial charge in [0.25, 0.3) is 0 Å². The van der Waals surface area contributed by atoms with Crippen LogP contribution in [0, 0.1) is 0 Å². The summed E-state index contributed by atoms with van der Waals surface area (Å²) < 4.78 is 61.7. The normalized spacial score (nSPS) is 19.8. The summed E-state index contributed by atoms with van der Waals surface area (Å²) in [6.45, 7) is 2.09. The Bertz CT molecular complexity index is 953. The number of thiazole rings is 1. The van der Waals surface area contributed by atoms with Crippen LogP contribution in [0.4, 0.5) is 24.1 Å². The van der Waals surface area contributed by atoms with E-state index in [1.54, 1.807) is 6.07 Å². The fourth-order valence-electron chi connectivity index (χ4n) is 3.16. The van der Waals surface area contributed by atoms with Gasteiger partial charge in [0.1, 0.15) is 0 Å². The summed E-state index contributed by atoms with van der Waals surface area (Å²) >= 11 is 0.980. The van der Waals surface area contributed by atoms with Crippen molar-refractivity contribution in [1.29, 1.82) is 0 Å².